The summed E-state index contributed by atoms with van der Waals surface area (Å²) in [5.41, 5.74) is 3.74. The smallest absolute Gasteiger partial charge is 0.308 e. The first-order chi connectivity index (χ1) is 18.7. The Hall–Kier alpha value is -3.74. The first-order valence-corrected chi connectivity index (χ1v) is 13.1. The summed E-state index contributed by atoms with van der Waals surface area (Å²) in [6.07, 6.45) is 11.5. The van der Waals surface area contributed by atoms with Crippen LogP contribution in [0.1, 0.15) is 63.6 Å². The second kappa shape index (κ2) is 12.9. The van der Waals surface area contributed by atoms with E-state index in [1.807, 2.05) is 24.3 Å². The van der Waals surface area contributed by atoms with E-state index in [-0.39, 0.29) is 37.4 Å². The van der Waals surface area contributed by atoms with Crippen LogP contribution in [0.2, 0.25) is 0 Å². The van der Waals surface area contributed by atoms with Crippen LogP contribution in [0.15, 0.2) is 65.2 Å². The number of amides is 1. The number of allylic oxidation sites excluding steroid dienone is 8. The molecule has 4 rings (SSSR count). The van der Waals surface area contributed by atoms with Crippen LogP contribution in [0.3, 0.4) is 0 Å². The zero-order chi connectivity index (χ0) is 27.8. The number of alkyl halides is 3. The zero-order valence-corrected chi connectivity index (χ0v) is 21.8. The van der Waals surface area contributed by atoms with Gasteiger partial charge < -0.3 is 4.90 Å². The predicted octanol–water partition coefficient (Wildman–Crippen LogP) is 6.30. The molecule has 0 bridgehead atoms. The number of carbonyl (C=O) groups is 1. The van der Waals surface area contributed by atoms with Gasteiger partial charge in [0.1, 0.15) is 18.3 Å². The van der Waals surface area contributed by atoms with Crippen molar-refractivity contribution < 1.29 is 22.4 Å². The lowest BCUT2D eigenvalue weighted by molar-refractivity contribution is -0.158. The van der Waals surface area contributed by atoms with Gasteiger partial charge in [-0.15, -0.1) is 5.10 Å². The van der Waals surface area contributed by atoms with E-state index in [0.29, 0.717) is 23.6 Å². The maximum Gasteiger partial charge on any atom is 0.406 e. The number of aliphatic imine (C=N–C) groups is 1. The minimum absolute atomic E-state index is 0.0722. The Morgan fingerprint density at radius 2 is 2.00 bits per heavy atom. The molecule has 1 aromatic heterocycles. The van der Waals surface area contributed by atoms with Crippen molar-refractivity contribution in [2.45, 2.75) is 64.1 Å². The van der Waals surface area contributed by atoms with Gasteiger partial charge in [0.2, 0.25) is 0 Å². The van der Waals surface area contributed by atoms with Gasteiger partial charge in [0.05, 0.1) is 18.6 Å². The maximum absolute atomic E-state index is 14.1. The summed E-state index contributed by atoms with van der Waals surface area (Å²) in [4.78, 5) is 18.7. The van der Waals surface area contributed by atoms with E-state index in [1.54, 1.807) is 6.20 Å². The Kier molecular flexibility index (Phi) is 9.33. The number of carbonyl (C=O) groups excluding carboxylic acids is 1. The average Bonchev–Trinajstić information content (AvgIpc) is 3.20. The molecule has 206 valence electrons. The van der Waals surface area contributed by atoms with Crippen molar-refractivity contribution >= 4 is 17.2 Å². The normalized spacial score (nSPS) is 23.8. The molecule has 1 aromatic rings. The van der Waals surface area contributed by atoms with Gasteiger partial charge in [-0.05, 0) is 61.3 Å². The molecule has 3 aliphatic rings. The minimum Gasteiger partial charge on any atom is -0.308 e. The largest absolute Gasteiger partial charge is 0.406 e. The molecule has 6 nitrogen and oxygen atoms in total. The van der Waals surface area contributed by atoms with Gasteiger partial charge in [-0.25, -0.2) is 9.07 Å². The Morgan fingerprint density at radius 3 is 2.79 bits per heavy atom. The third-order valence-electron chi connectivity index (χ3n) is 6.76. The van der Waals surface area contributed by atoms with Crippen molar-refractivity contribution in [1.29, 1.82) is 0 Å². The lowest BCUT2D eigenvalue weighted by atomic mass is 9.86. The van der Waals surface area contributed by atoms with E-state index < -0.39 is 24.7 Å². The molecule has 0 spiro atoms. The van der Waals surface area contributed by atoms with Gasteiger partial charge >= 0.3 is 6.18 Å². The highest BCUT2D eigenvalue weighted by Crippen LogP contribution is 2.31. The molecule has 0 fully saturated rings. The van der Waals surface area contributed by atoms with E-state index >= 15 is 0 Å². The molecule has 39 heavy (non-hydrogen) atoms. The monoisotopic (exact) mass is 541 g/mol. The van der Waals surface area contributed by atoms with Gasteiger partial charge in [0, 0.05) is 24.8 Å². The van der Waals surface area contributed by atoms with Crippen LogP contribution in [0.5, 0.6) is 0 Å². The highest BCUT2D eigenvalue weighted by Gasteiger charge is 2.36. The summed E-state index contributed by atoms with van der Waals surface area (Å²) < 4.78 is 55.1. The van der Waals surface area contributed by atoms with Crippen LogP contribution in [0.25, 0.3) is 5.57 Å². The second-order valence-corrected chi connectivity index (χ2v) is 9.88. The molecule has 2 unspecified atom stereocenters. The number of aromatic nitrogens is 3. The molecule has 2 heterocycles. The summed E-state index contributed by atoms with van der Waals surface area (Å²) >= 11 is 0. The Balaban J connectivity index is 1.52. The summed E-state index contributed by atoms with van der Waals surface area (Å²) in [6.45, 7) is 1.22. The molecule has 2 aliphatic carbocycles. The Bertz CT molecular complexity index is 1300. The number of hydrogen-bond acceptors (Lipinski definition) is 4. The molecule has 2 atom stereocenters. The second-order valence-electron chi connectivity index (χ2n) is 9.88. The molecular formula is C29H31F4N5O. The van der Waals surface area contributed by atoms with Crippen LogP contribution in [0.4, 0.5) is 17.6 Å². The van der Waals surface area contributed by atoms with Crippen LogP contribution in [0, 0.1) is 17.8 Å². The predicted molar refractivity (Wildman–Crippen MR) is 142 cm³/mol. The van der Waals surface area contributed by atoms with E-state index in [0.717, 1.165) is 35.9 Å². The summed E-state index contributed by atoms with van der Waals surface area (Å²) in [5, 5.41) is 8.38. The quantitative estimate of drug-likeness (QED) is 0.325. The molecular weight excluding hydrogens is 510 g/mol. The summed E-state index contributed by atoms with van der Waals surface area (Å²) in [5.74, 6) is 4.89. The standard InChI is InChI=1S/C29H31F4N5O/c1-21-17-24(34-18-22-9-4-2-3-5-10-22)14-15-25(21)26-19-38(36-35-26)27-13-8-12-23(30)11-6-7-16-37(28(27)39)20-29(31,32)33/h2,4,7,10,12,15-16,19,21,27H,6,8-9,11,13-14,17-18,20H2,1H3. The Morgan fingerprint density at radius 1 is 1.15 bits per heavy atom. The first-order valence-electron chi connectivity index (χ1n) is 13.1. The third-order valence-corrected chi connectivity index (χ3v) is 6.76. The van der Waals surface area contributed by atoms with Crippen LogP contribution < -0.4 is 0 Å². The van der Waals surface area contributed by atoms with Gasteiger partial charge in [-0.3, -0.25) is 9.79 Å². The number of hydrogen-bond donors (Lipinski definition) is 0. The van der Waals surface area contributed by atoms with Gasteiger partial charge in [-0.1, -0.05) is 48.3 Å². The fourth-order valence-electron chi connectivity index (χ4n) is 4.75. The van der Waals surface area contributed by atoms with Crippen molar-refractivity contribution in [2.75, 3.05) is 13.1 Å². The van der Waals surface area contributed by atoms with E-state index in [4.69, 9.17) is 4.99 Å². The molecule has 1 amide bonds. The molecule has 0 aromatic carbocycles. The number of nitrogens with zero attached hydrogens (tertiary/aromatic N) is 5. The number of rotatable bonds is 5. The third kappa shape index (κ3) is 8.12. The summed E-state index contributed by atoms with van der Waals surface area (Å²) in [6, 6.07) is -1.05. The minimum atomic E-state index is -4.58. The van der Waals surface area contributed by atoms with Crippen LogP contribution in [-0.4, -0.2) is 50.8 Å². The molecule has 10 heteroatoms. The maximum atomic E-state index is 14.1. The fourth-order valence-corrected chi connectivity index (χ4v) is 4.75. The van der Waals surface area contributed by atoms with E-state index in [1.165, 1.54) is 16.8 Å². The van der Waals surface area contributed by atoms with Crippen molar-refractivity contribution in [3.63, 3.8) is 0 Å². The van der Waals surface area contributed by atoms with Crippen molar-refractivity contribution in [3.8, 4) is 11.8 Å². The zero-order valence-electron chi connectivity index (χ0n) is 21.8. The lowest BCUT2D eigenvalue weighted by Crippen LogP contribution is -2.39. The molecule has 0 saturated heterocycles. The van der Waals surface area contributed by atoms with Gasteiger partial charge in [-0.2, -0.15) is 13.2 Å². The molecule has 0 radical (unpaired) electrons. The van der Waals surface area contributed by atoms with Crippen molar-refractivity contribution in [3.05, 3.63) is 65.9 Å². The lowest BCUT2D eigenvalue weighted by Gasteiger charge is -2.25. The highest BCUT2D eigenvalue weighted by atomic mass is 19.4. The van der Waals surface area contributed by atoms with E-state index in [9.17, 15) is 22.4 Å². The van der Waals surface area contributed by atoms with Gasteiger partial charge in [0.15, 0.2) is 0 Å². The van der Waals surface area contributed by atoms with Crippen molar-refractivity contribution in [2.24, 2.45) is 10.9 Å². The van der Waals surface area contributed by atoms with Crippen LogP contribution >= 0.6 is 0 Å². The molecule has 0 saturated carbocycles. The van der Waals surface area contributed by atoms with Crippen molar-refractivity contribution in [1.82, 2.24) is 19.9 Å². The molecule has 0 N–H and O–H groups in total. The van der Waals surface area contributed by atoms with Gasteiger partial charge in [0.25, 0.3) is 5.91 Å². The highest BCUT2D eigenvalue weighted by molar-refractivity contribution is 5.91. The summed E-state index contributed by atoms with van der Waals surface area (Å²) in [7, 11) is 0. The van der Waals surface area contributed by atoms with E-state index in [2.05, 4.69) is 29.1 Å². The SMILES string of the molecule is CC1CC(=NCC2=CC#CC=CC2)CC=C1c1cn(C2CCC=C(F)CCC=CN(CC(F)(F)F)C2=O)nn1. The molecule has 1 aliphatic heterocycles. The topological polar surface area (TPSA) is 63.4 Å². The fraction of sp³-hybridized carbons (Fsp3) is 0.448. The first kappa shape index (κ1) is 28.3. The van der Waals surface area contributed by atoms with Crippen LogP contribution in [-0.2, 0) is 4.79 Å². The number of halogens is 4. The average molecular weight is 542 g/mol. The Labute approximate surface area is 225 Å².